The summed E-state index contributed by atoms with van der Waals surface area (Å²) in [4.78, 5) is 32.5. The number of hydrogen-bond donors (Lipinski definition) is 0. The summed E-state index contributed by atoms with van der Waals surface area (Å²) in [5, 5.41) is 11.0. The fraction of sp³-hybridized carbons (Fsp3) is 0.464. The number of pyridine rings is 1. The predicted molar refractivity (Wildman–Crippen MR) is 153 cm³/mol. The first-order chi connectivity index (χ1) is 19.8. The van der Waals surface area contributed by atoms with E-state index in [9.17, 15) is 14.9 Å². The largest absolute Gasteiger partial charge is 0.443 e. The molecule has 14 heteroatoms. The number of carbonyl (C=O) groups is 1. The van der Waals surface area contributed by atoms with Gasteiger partial charge in [0.25, 0.3) is 0 Å². The van der Waals surface area contributed by atoms with E-state index < -0.39 is 31.3 Å². The lowest BCUT2D eigenvalue weighted by atomic mass is 10.1. The van der Waals surface area contributed by atoms with Gasteiger partial charge in [-0.05, 0) is 52.9 Å². The van der Waals surface area contributed by atoms with Gasteiger partial charge in [-0.3, -0.25) is 14.5 Å². The van der Waals surface area contributed by atoms with Crippen molar-refractivity contribution in [3.8, 4) is 17.3 Å². The van der Waals surface area contributed by atoms with E-state index in [1.165, 1.54) is 17.2 Å². The molecule has 3 aromatic rings. The number of carbonyl (C=O) groups excluding carboxylic acids is 1. The van der Waals surface area contributed by atoms with Crippen LogP contribution in [0, 0.1) is 15.9 Å². The number of nitro groups is 1. The number of benzene rings is 1. The monoisotopic (exact) mass is 599 g/mol. The Morgan fingerprint density at radius 3 is 2.67 bits per heavy atom. The smallest absolute Gasteiger partial charge is 0.414 e. The van der Waals surface area contributed by atoms with Gasteiger partial charge in [0.1, 0.15) is 30.8 Å². The third-order valence-corrected chi connectivity index (χ3v) is 12.4. The molecule has 0 saturated carbocycles. The van der Waals surface area contributed by atoms with Crippen LogP contribution in [-0.2, 0) is 27.1 Å². The van der Waals surface area contributed by atoms with Gasteiger partial charge in [-0.2, -0.15) is 0 Å². The average molecular weight is 600 g/mol. The van der Waals surface area contributed by atoms with Crippen LogP contribution in [0.5, 0.6) is 6.01 Å². The fourth-order valence-corrected chi connectivity index (χ4v) is 5.40. The van der Waals surface area contributed by atoms with Crippen molar-refractivity contribution < 1.29 is 32.7 Å². The molecule has 4 heterocycles. The Balaban J connectivity index is 1.17. The highest BCUT2D eigenvalue weighted by atomic mass is 28.4. The van der Waals surface area contributed by atoms with Crippen molar-refractivity contribution in [2.75, 3.05) is 24.7 Å². The average Bonchev–Trinajstić information content (AvgIpc) is 3.53. The number of imidazole rings is 1. The Labute approximate surface area is 243 Å². The van der Waals surface area contributed by atoms with E-state index in [1.807, 2.05) is 0 Å². The molecule has 0 bridgehead atoms. The number of rotatable bonds is 9. The Bertz CT molecular complexity index is 1470. The van der Waals surface area contributed by atoms with E-state index in [4.69, 9.17) is 18.6 Å². The molecule has 1 aromatic carbocycles. The van der Waals surface area contributed by atoms with Crippen LogP contribution in [0.4, 0.5) is 20.7 Å². The van der Waals surface area contributed by atoms with Crippen LogP contribution in [-0.4, -0.2) is 65.8 Å². The third-order valence-electron chi connectivity index (χ3n) is 7.87. The molecule has 1 saturated heterocycles. The van der Waals surface area contributed by atoms with Gasteiger partial charge in [0.2, 0.25) is 0 Å². The summed E-state index contributed by atoms with van der Waals surface area (Å²) in [5.41, 5.74) is 1.90. The van der Waals surface area contributed by atoms with E-state index in [1.54, 1.807) is 35.0 Å². The lowest BCUT2D eigenvalue weighted by Crippen LogP contribution is -2.43. The summed E-state index contributed by atoms with van der Waals surface area (Å²) in [6.07, 6.45) is 1.64. The van der Waals surface area contributed by atoms with Crippen LogP contribution in [0.2, 0.25) is 18.1 Å². The molecule has 2 aliphatic rings. The van der Waals surface area contributed by atoms with Crippen molar-refractivity contribution >= 4 is 25.9 Å². The number of aromatic nitrogens is 3. The van der Waals surface area contributed by atoms with Crippen molar-refractivity contribution in [1.29, 1.82) is 0 Å². The number of fused-ring (bicyclic) bond motifs is 1. The normalized spacial score (nSPS) is 18.9. The molecule has 5 rings (SSSR count). The lowest BCUT2D eigenvalue weighted by molar-refractivity contribution is -0.389. The summed E-state index contributed by atoms with van der Waals surface area (Å²) in [5.74, 6) is -0.788. The van der Waals surface area contributed by atoms with Gasteiger partial charge in [0, 0.05) is 16.7 Å². The Morgan fingerprint density at radius 1 is 1.21 bits per heavy atom. The Kier molecular flexibility index (Phi) is 8.05. The molecule has 2 unspecified atom stereocenters. The molecule has 0 aliphatic carbocycles. The third kappa shape index (κ3) is 6.29. The molecule has 12 nitrogen and oxygen atoms in total. The quantitative estimate of drug-likeness (QED) is 0.182. The lowest BCUT2D eigenvalue weighted by Gasteiger charge is -2.36. The van der Waals surface area contributed by atoms with Crippen LogP contribution >= 0.6 is 0 Å². The van der Waals surface area contributed by atoms with Gasteiger partial charge in [0.05, 0.1) is 37.7 Å². The van der Waals surface area contributed by atoms with Gasteiger partial charge in [0.15, 0.2) is 8.32 Å². The maximum absolute atomic E-state index is 15.2. The van der Waals surface area contributed by atoms with E-state index in [-0.39, 0.29) is 42.7 Å². The van der Waals surface area contributed by atoms with Crippen LogP contribution in [0.25, 0.3) is 11.3 Å². The molecule has 224 valence electrons. The number of nitrogens with zero attached hydrogens (tertiary/aromatic N) is 5. The van der Waals surface area contributed by atoms with Crippen molar-refractivity contribution in [3.05, 3.63) is 64.2 Å². The second-order valence-electron chi connectivity index (χ2n) is 11.9. The first-order valence-electron chi connectivity index (χ1n) is 13.6. The predicted octanol–water partition coefficient (Wildman–Crippen LogP) is 5.32. The number of halogens is 1. The van der Waals surface area contributed by atoms with E-state index in [2.05, 4.69) is 43.8 Å². The molecular formula is C28H34FN5O7Si. The Hall–Kier alpha value is -3.88. The highest BCUT2D eigenvalue weighted by Crippen LogP contribution is 2.37. The summed E-state index contributed by atoms with van der Waals surface area (Å²) >= 11 is 0. The van der Waals surface area contributed by atoms with Gasteiger partial charge in [-0.15, -0.1) is 0 Å². The highest BCUT2D eigenvalue weighted by molar-refractivity contribution is 6.74. The summed E-state index contributed by atoms with van der Waals surface area (Å²) in [7, 11) is -2.00. The zero-order valence-electron chi connectivity index (χ0n) is 24.2. The maximum atomic E-state index is 15.2. The van der Waals surface area contributed by atoms with Crippen molar-refractivity contribution in [3.63, 3.8) is 0 Å². The van der Waals surface area contributed by atoms with Crippen molar-refractivity contribution in [2.45, 2.75) is 64.3 Å². The standard InChI is InChI=1S/C28H34FN5O7Si/c1-28(2,3)42(4,5)40-17-21-13-33(27(35)41-21)19-7-8-22(23(29)10-19)24-9-6-18(11-30-24)15-38-20-12-32-14-25(34(36)37)31-26(32)39-16-20/h6-11,14,20-21H,12-13,15-17H2,1-5H3. The zero-order chi connectivity index (χ0) is 30.2. The molecule has 0 spiro atoms. The molecule has 2 aromatic heterocycles. The van der Waals surface area contributed by atoms with Crippen LogP contribution in [0.1, 0.15) is 26.3 Å². The molecule has 0 radical (unpaired) electrons. The number of anilines is 1. The second kappa shape index (κ2) is 11.4. The molecule has 1 fully saturated rings. The van der Waals surface area contributed by atoms with Gasteiger partial charge in [-0.1, -0.05) is 26.8 Å². The van der Waals surface area contributed by atoms with Crippen LogP contribution in [0.15, 0.2) is 42.7 Å². The molecule has 1 amide bonds. The van der Waals surface area contributed by atoms with E-state index >= 15 is 4.39 Å². The molecule has 0 N–H and O–H groups in total. The van der Waals surface area contributed by atoms with Crippen molar-refractivity contribution in [1.82, 2.24) is 14.5 Å². The summed E-state index contributed by atoms with van der Waals surface area (Å²) in [6, 6.07) is 8.26. The van der Waals surface area contributed by atoms with Gasteiger partial charge < -0.3 is 28.8 Å². The highest BCUT2D eigenvalue weighted by Gasteiger charge is 2.40. The van der Waals surface area contributed by atoms with E-state index in [0.29, 0.717) is 30.1 Å². The molecule has 2 aliphatic heterocycles. The minimum Gasteiger partial charge on any atom is -0.443 e. The first kappa shape index (κ1) is 29.6. The fourth-order valence-electron chi connectivity index (χ4n) is 4.36. The van der Waals surface area contributed by atoms with Crippen LogP contribution in [0.3, 0.4) is 0 Å². The SMILES string of the molecule is CC(C)(C)[Si](C)(C)OCC1CN(c2ccc(-c3ccc(COC4COc5nc([N+](=O)[O-])cn5C4)cn3)c(F)c2)C(=O)O1. The maximum Gasteiger partial charge on any atom is 0.414 e. The van der Waals surface area contributed by atoms with Crippen LogP contribution < -0.4 is 9.64 Å². The second-order valence-corrected chi connectivity index (χ2v) is 16.7. The van der Waals surface area contributed by atoms with E-state index in [0.717, 1.165) is 5.56 Å². The topological polar surface area (TPSA) is 131 Å². The molecule has 42 heavy (non-hydrogen) atoms. The number of ether oxygens (including phenoxy) is 3. The van der Waals surface area contributed by atoms with Crippen molar-refractivity contribution in [2.24, 2.45) is 0 Å². The first-order valence-corrected chi connectivity index (χ1v) is 16.5. The number of hydrogen-bond acceptors (Lipinski definition) is 9. The summed E-state index contributed by atoms with van der Waals surface area (Å²) < 4.78 is 39.8. The van der Waals surface area contributed by atoms with Gasteiger partial charge >= 0.3 is 17.9 Å². The number of cyclic esters (lactones) is 1. The molecular weight excluding hydrogens is 565 g/mol. The summed E-state index contributed by atoms with van der Waals surface area (Å²) in [6.45, 7) is 12.1. The Morgan fingerprint density at radius 2 is 2.00 bits per heavy atom. The van der Waals surface area contributed by atoms with Gasteiger partial charge in [-0.25, -0.2) is 9.18 Å². The molecule has 2 atom stereocenters. The zero-order valence-corrected chi connectivity index (χ0v) is 25.2. The minimum atomic E-state index is -2.00. The minimum absolute atomic E-state index is 0.0381. The number of amides is 1.